The third-order valence-electron chi connectivity index (χ3n) is 2.78. The van der Waals surface area contributed by atoms with Crippen molar-refractivity contribution in [2.45, 2.75) is 12.5 Å². The van der Waals surface area contributed by atoms with Crippen LogP contribution in [0, 0.1) is 0 Å². The molecule has 0 unspecified atom stereocenters. The van der Waals surface area contributed by atoms with Crippen molar-refractivity contribution in [1.29, 1.82) is 0 Å². The van der Waals surface area contributed by atoms with Crippen LogP contribution in [0.2, 0.25) is 0 Å². The average molecular weight is 306 g/mol. The zero-order valence-electron chi connectivity index (χ0n) is 11.3. The van der Waals surface area contributed by atoms with E-state index in [1.54, 1.807) is 18.2 Å². The zero-order chi connectivity index (χ0) is 15.2. The molecule has 2 N–H and O–H groups in total. The second-order valence-electron chi connectivity index (χ2n) is 4.23. The molecule has 21 heavy (non-hydrogen) atoms. The Hall–Kier alpha value is -2.41. The predicted molar refractivity (Wildman–Crippen MR) is 77.6 cm³/mol. The largest absolute Gasteiger partial charge is 0.481 e. The number of thiophene rings is 1. The average Bonchev–Trinajstić information content (AvgIpc) is 3.00. The molecule has 110 valence electrons. The maximum Gasteiger partial charge on any atom is 0.305 e. The number of carbonyl (C=O) groups excluding carboxylic acids is 1. The van der Waals surface area contributed by atoms with Crippen LogP contribution in [-0.2, 0) is 4.79 Å². The number of aromatic nitrogens is 1. The van der Waals surface area contributed by atoms with Crippen molar-refractivity contribution in [3.63, 3.8) is 0 Å². The van der Waals surface area contributed by atoms with E-state index in [1.807, 2.05) is 11.4 Å². The minimum Gasteiger partial charge on any atom is -0.481 e. The van der Waals surface area contributed by atoms with Gasteiger partial charge in [-0.05, 0) is 17.5 Å². The van der Waals surface area contributed by atoms with Gasteiger partial charge in [-0.1, -0.05) is 6.07 Å². The third kappa shape index (κ3) is 4.03. The first-order valence-electron chi connectivity index (χ1n) is 6.16. The molecular weight excluding hydrogens is 292 g/mol. The van der Waals surface area contributed by atoms with E-state index in [2.05, 4.69) is 10.3 Å². The SMILES string of the molecule is COc1ccc(C(=O)N[C@H](CC(=O)O)c2cccs2)cn1. The predicted octanol–water partition coefficient (Wildman–Crippen LogP) is 2.10. The number of amides is 1. The van der Waals surface area contributed by atoms with E-state index in [-0.39, 0.29) is 12.3 Å². The van der Waals surface area contributed by atoms with Crippen LogP contribution in [0.4, 0.5) is 0 Å². The molecule has 0 aliphatic carbocycles. The highest BCUT2D eigenvalue weighted by Crippen LogP contribution is 2.22. The fourth-order valence-electron chi connectivity index (χ4n) is 1.76. The van der Waals surface area contributed by atoms with Crippen LogP contribution in [-0.4, -0.2) is 29.1 Å². The van der Waals surface area contributed by atoms with Crippen molar-refractivity contribution < 1.29 is 19.4 Å². The summed E-state index contributed by atoms with van der Waals surface area (Å²) in [5, 5.41) is 13.5. The van der Waals surface area contributed by atoms with Crippen LogP contribution in [0.1, 0.15) is 27.7 Å². The van der Waals surface area contributed by atoms with E-state index in [0.717, 1.165) is 4.88 Å². The molecule has 0 bridgehead atoms. The number of nitrogens with one attached hydrogen (secondary N) is 1. The number of methoxy groups -OCH3 is 1. The van der Waals surface area contributed by atoms with Gasteiger partial charge in [-0.25, -0.2) is 4.98 Å². The fraction of sp³-hybridized carbons (Fsp3) is 0.214. The number of hydrogen-bond acceptors (Lipinski definition) is 5. The van der Waals surface area contributed by atoms with Gasteiger partial charge in [-0.2, -0.15) is 0 Å². The summed E-state index contributed by atoms with van der Waals surface area (Å²) in [5.74, 6) is -0.932. The molecular formula is C14H14N2O4S. The van der Waals surface area contributed by atoms with Crippen molar-refractivity contribution in [2.24, 2.45) is 0 Å². The number of rotatable bonds is 6. The zero-order valence-corrected chi connectivity index (χ0v) is 12.1. The standard InChI is InChI=1S/C14H14N2O4S/c1-20-12-5-4-9(8-15-12)14(19)16-10(7-13(17)18)11-3-2-6-21-11/h2-6,8,10H,7H2,1H3,(H,16,19)(H,17,18)/t10-/m1/s1. The van der Waals surface area contributed by atoms with Gasteiger partial charge < -0.3 is 15.2 Å². The lowest BCUT2D eigenvalue weighted by atomic mass is 10.1. The maximum atomic E-state index is 12.2. The van der Waals surface area contributed by atoms with Crippen molar-refractivity contribution in [1.82, 2.24) is 10.3 Å². The highest BCUT2D eigenvalue weighted by molar-refractivity contribution is 7.10. The lowest BCUT2D eigenvalue weighted by Gasteiger charge is -2.15. The number of ether oxygens (including phenoxy) is 1. The van der Waals surface area contributed by atoms with Crippen molar-refractivity contribution in [3.05, 3.63) is 46.3 Å². The van der Waals surface area contributed by atoms with Gasteiger partial charge >= 0.3 is 5.97 Å². The molecule has 0 saturated heterocycles. The van der Waals surface area contributed by atoms with Crippen LogP contribution in [0.5, 0.6) is 5.88 Å². The summed E-state index contributed by atoms with van der Waals surface area (Å²) in [7, 11) is 1.49. The number of hydrogen-bond donors (Lipinski definition) is 2. The molecule has 0 saturated carbocycles. The van der Waals surface area contributed by atoms with Gasteiger partial charge in [-0.3, -0.25) is 9.59 Å². The molecule has 0 aliphatic heterocycles. The topological polar surface area (TPSA) is 88.5 Å². The summed E-state index contributed by atoms with van der Waals surface area (Å²) in [6.07, 6.45) is 1.22. The van der Waals surface area contributed by atoms with Crippen LogP contribution in [0.3, 0.4) is 0 Å². The lowest BCUT2D eigenvalue weighted by molar-refractivity contribution is -0.137. The molecule has 0 spiro atoms. The van der Waals surface area contributed by atoms with Crippen LogP contribution in [0.15, 0.2) is 35.8 Å². The van der Waals surface area contributed by atoms with Crippen molar-refractivity contribution >= 4 is 23.2 Å². The molecule has 2 aromatic heterocycles. The van der Waals surface area contributed by atoms with Gasteiger partial charge in [0.05, 0.1) is 25.1 Å². The number of pyridine rings is 1. The summed E-state index contributed by atoms with van der Waals surface area (Å²) in [5.41, 5.74) is 0.350. The van der Waals surface area contributed by atoms with E-state index >= 15 is 0 Å². The van der Waals surface area contributed by atoms with E-state index in [4.69, 9.17) is 9.84 Å². The highest BCUT2D eigenvalue weighted by Gasteiger charge is 2.19. The Morgan fingerprint density at radius 1 is 1.43 bits per heavy atom. The van der Waals surface area contributed by atoms with Gasteiger partial charge in [0.1, 0.15) is 0 Å². The van der Waals surface area contributed by atoms with E-state index in [1.165, 1.54) is 24.6 Å². The van der Waals surface area contributed by atoms with Gasteiger partial charge in [0.15, 0.2) is 0 Å². The number of aliphatic carboxylic acids is 1. The molecule has 1 atom stereocenters. The fourth-order valence-corrected chi connectivity index (χ4v) is 2.54. The van der Waals surface area contributed by atoms with Gasteiger partial charge in [-0.15, -0.1) is 11.3 Å². The minimum absolute atomic E-state index is 0.171. The van der Waals surface area contributed by atoms with Crippen LogP contribution in [0.25, 0.3) is 0 Å². The summed E-state index contributed by atoms with van der Waals surface area (Å²) in [6.45, 7) is 0. The van der Waals surface area contributed by atoms with Crippen LogP contribution < -0.4 is 10.1 Å². The Labute approximate surface area is 125 Å². The normalized spacial score (nSPS) is 11.7. The second kappa shape index (κ2) is 6.85. The Morgan fingerprint density at radius 3 is 2.76 bits per heavy atom. The Morgan fingerprint density at radius 2 is 2.24 bits per heavy atom. The molecule has 0 radical (unpaired) electrons. The molecule has 0 fully saturated rings. The Balaban J connectivity index is 2.11. The molecule has 0 aromatic carbocycles. The first kappa shape index (κ1) is 15.0. The number of carbonyl (C=O) groups is 2. The first-order chi connectivity index (χ1) is 10.1. The van der Waals surface area contributed by atoms with Gasteiger partial charge in [0.25, 0.3) is 5.91 Å². The number of carboxylic acids is 1. The van der Waals surface area contributed by atoms with E-state index < -0.39 is 12.0 Å². The summed E-state index contributed by atoms with van der Waals surface area (Å²) < 4.78 is 4.92. The van der Waals surface area contributed by atoms with Crippen molar-refractivity contribution in [3.8, 4) is 5.88 Å². The molecule has 2 rings (SSSR count). The van der Waals surface area contributed by atoms with Gasteiger partial charge in [0.2, 0.25) is 5.88 Å². The molecule has 7 heteroatoms. The Kier molecular flexibility index (Phi) is 4.89. The maximum absolute atomic E-state index is 12.2. The quantitative estimate of drug-likeness (QED) is 0.853. The Bertz CT molecular complexity index is 610. The summed E-state index contributed by atoms with van der Waals surface area (Å²) in [4.78, 5) is 27.8. The smallest absolute Gasteiger partial charge is 0.305 e. The number of nitrogens with zero attached hydrogens (tertiary/aromatic N) is 1. The van der Waals surface area contributed by atoms with Crippen LogP contribution >= 0.6 is 11.3 Å². The van der Waals surface area contributed by atoms with E-state index in [0.29, 0.717) is 11.4 Å². The summed E-state index contributed by atoms with van der Waals surface area (Å²) >= 11 is 1.40. The van der Waals surface area contributed by atoms with Gasteiger partial charge in [0, 0.05) is 17.1 Å². The first-order valence-corrected chi connectivity index (χ1v) is 7.04. The highest BCUT2D eigenvalue weighted by atomic mass is 32.1. The lowest BCUT2D eigenvalue weighted by Crippen LogP contribution is -2.29. The number of carboxylic acid groups (broad SMARTS) is 1. The molecule has 0 aliphatic rings. The monoisotopic (exact) mass is 306 g/mol. The van der Waals surface area contributed by atoms with Crippen molar-refractivity contribution in [2.75, 3.05) is 7.11 Å². The second-order valence-corrected chi connectivity index (χ2v) is 5.21. The summed E-state index contributed by atoms with van der Waals surface area (Å²) in [6, 6.07) is 6.21. The molecule has 2 aromatic rings. The molecule has 2 heterocycles. The molecule has 1 amide bonds. The molecule has 6 nitrogen and oxygen atoms in total. The minimum atomic E-state index is -0.971. The van der Waals surface area contributed by atoms with E-state index in [9.17, 15) is 9.59 Å². The third-order valence-corrected chi connectivity index (χ3v) is 3.76.